The van der Waals surface area contributed by atoms with Crippen LogP contribution in [0.5, 0.6) is 0 Å². The number of halogens is 1. The normalized spacial score (nSPS) is 15.3. The molecule has 1 fully saturated rings. The van der Waals surface area contributed by atoms with E-state index >= 15 is 0 Å². The summed E-state index contributed by atoms with van der Waals surface area (Å²) in [4.78, 5) is 4.96. The van der Waals surface area contributed by atoms with E-state index in [4.69, 9.17) is 9.40 Å². The highest BCUT2D eigenvalue weighted by Crippen LogP contribution is 2.42. The Morgan fingerprint density at radius 2 is 1.71 bits per heavy atom. The molecule has 0 bridgehead atoms. The Balaban J connectivity index is 1.64. The van der Waals surface area contributed by atoms with Gasteiger partial charge in [0.1, 0.15) is 17.0 Å². The molecule has 31 heavy (non-hydrogen) atoms. The molecule has 0 unspecified atom stereocenters. The van der Waals surface area contributed by atoms with Crippen molar-refractivity contribution in [2.24, 2.45) is 0 Å². The summed E-state index contributed by atoms with van der Waals surface area (Å²) in [6, 6.07) is 17.6. The summed E-state index contributed by atoms with van der Waals surface area (Å²) in [6.45, 7) is 2.10. The van der Waals surface area contributed by atoms with E-state index in [1.54, 1.807) is 12.1 Å². The lowest BCUT2D eigenvalue weighted by molar-refractivity contribution is 0.445. The highest BCUT2D eigenvalue weighted by Gasteiger charge is 2.22. The van der Waals surface area contributed by atoms with E-state index in [1.807, 2.05) is 30.5 Å². The fourth-order valence-electron chi connectivity index (χ4n) is 5.34. The average molecular weight is 410 g/mol. The van der Waals surface area contributed by atoms with Crippen molar-refractivity contribution in [3.8, 4) is 11.3 Å². The maximum Gasteiger partial charge on any atom is 0.144 e. The van der Waals surface area contributed by atoms with Crippen LogP contribution in [0.3, 0.4) is 0 Å². The second-order valence-electron chi connectivity index (χ2n) is 8.87. The van der Waals surface area contributed by atoms with Gasteiger partial charge in [-0.3, -0.25) is 4.98 Å². The zero-order valence-electron chi connectivity index (χ0n) is 17.6. The van der Waals surface area contributed by atoms with Crippen molar-refractivity contribution in [3.63, 3.8) is 0 Å². The number of aryl methyl sites for hydroxylation is 1. The summed E-state index contributed by atoms with van der Waals surface area (Å²) in [7, 11) is 0. The van der Waals surface area contributed by atoms with Crippen molar-refractivity contribution in [1.29, 1.82) is 0 Å². The fraction of sp³-hybridized carbons (Fsp3) is 0.250. The minimum Gasteiger partial charge on any atom is -0.455 e. The SMILES string of the molecule is Cc1cc(-c2ncc(C3CCCCC3)c3cc(F)ccc23)c2oc3ccccc3c2c1. The van der Waals surface area contributed by atoms with Gasteiger partial charge in [0.2, 0.25) is 0 Å². The van der Waals surface area contributed by atoms with Gasteiger partial charge in [0, 0.05) is 27.9 Å². The zero-order valence-corrected chi connectivity index (χ0v) is 17.6. The second-order valence-corrected chi connectivity index (χ2v) is 8.87. The summed E-state index contributed by atoms with van der Waals surface area (Å²) in [5.41, 5.74) is 5.89. The number of para-hydroxylation sites is 1. The van der Waals surface area contributed by atoms with Crippen molar-refractivity contribution in [1.82, 2.24) is 4.98 Å². The monoisotopic (exact) mass is 409 g/mol. The molecular formula is C28H24FNO. The average Bonchev–Trinajstić information content (AvgIpc) is 3.17. The number of nitrogens with zero attached hydrogens (tertiary/aromatic N) is 1. The van der Waals surface area contributed by atoms with Gasteiger partial charge in [0.05, 0.1) is 5.69 Å². The predicted octanol–water partition coefficient (Wildman–Crippen LogP) is 8.30. The van der Waals surface area contributed by atoms with Crippen molar-refractivity contribution < 1.29 is 8.81 Å². The number of furan rings is 1. The lowest BCUT2D eigenvalue weighted by Gasteiger charge is -2.23. The van der Waals surface area contributed by atoms with Gasteiger partial charge < -0.3 is 4.42 Å². The Hall–Kier alpha value is -3.20. The lowest BCUT2D eigenvalue weighted by Crippen LogP contribution is -2.06. The van der Waals surface area contributed by atoms with Crippen LogP contribution >= 0.6 is 0 Å². The molecule has 2 nitrogen and oxygen atoms in total. The molecule has 1 saturated carbocycles. The molecule has 0 aliphatic heterocycles. The molecule has 3 heteroatoms. The number of hydrogen-bond donors (Lipinski definition) is 0. The molecule has 1 aliphatic carbocycles. The van der Waals surface area contributed by atoms with Crippen LogP contribution in [-0.4, -0.2) is 4.98 Å². The molecule has 154 valence electrons. The van der Waals surface area contributed by atoms with E-state index in [0.29, 0.717) is 5.92 Å². The molecule has 0 N–H and O–H groups in total. The number of fused-ring (bicyclic) bond motifs is 4. The second kappa shape index (κ2) is 7.19. The Kier molecular flexibility index (Phi) is 4.31. The van der Waals surface area contributed by atoms with E-state index in [2.05, 4.69) is 25.1 Å². The van der Waals surface area contributed by atoms with Crippen LogP contribution in [0.1, 0.15) is 49.1 Å². The minimum atomic E-state index is -0.195. The van der Waals surface area contributed by atoms with Crippen molar-refractivity contribution in [2.45, 2.75) is 44.9 Å². The summed E-state index contributed by atoms with van der Waals surface area (Å²) in [5.74, 6) is 0.267. The van der Waals surface area contributed by atoms with Gasteiger partial charge in [0.15, 0.2) is 0 Å². The molecule has 3 aromatic carbocycles. The van der Waals surface area contributed by atoms with E-state index in [1.165, 1.54) is 24.8 Å². The van der Waals surface area contributed by atoms with E-state index in [0.717, 1.165) is 62.4 Å². The molecule has 0 spiro atoms. The van der Waals surface area contributed by atoms with Crippen LogP contribution in [0.4, 0.5) is 4.39 Å². The highest BCUT2D eigenvalue weighted by atomic mass is 19.1. The third-order valence-electron chi connectivity index (χ3n) is 6.80. The number of benzene rings is 3. The molecule has 0 atom stereocenters. The van der Waals surface area contributed by atoms with Gasteiger partial charge in [-0.15, -0.1) is 0 Å². The molecule has 1 aliphatic rings. The maximum atomic E-state index is 14.3. The summed E-state index contributed by atoms with van der Waals surface area (Å²) in [5, 5.41) is 4.19. The molecule has 0 amide bonds. The lowest BCUT2D eigenvalue weighted by atomic mass is 9.82. The van der Waals surface area contributed by atoms with Gasteiger partial charge in [-0.1, -0.05) is 37.5 Å². The Labute approximate surface area is 180 Å². The number of rotatable bonds is 2. The van der Waals surface area contributed by atoms with Crippen LogP contribution in [0.15, 0.2) is 65.2 Å². The highest BCUT2D eigenvalue weighted by molar-refractivity contribution is 6.12. The van der Waals surface area contributed by atoms with Gasteiger partial charge in [-0.2, -0.15) is 0 Å². The first kappa shape index (κ1) is 18.6. The summed E-state index contributed by atoms with van der Waals surface area (Å²) < 4.78 is 20.6. The first-order chi connectivity index (χ1) is 15.2. The fourth-order valence-corrected chi connectivity index (χ4v) is 5.34. The first-order valence-corrected chi connectivity index (χ1v) is 11.2. The maximum absolute atomic E-state index is 14.3. The molecular weight excluding hydrogens is 385 g/mol. The van der Waals surface area contributed by atoms with Crippen LogP contribution in [-0.2, 0) is 0 Å². The van der Waals surface area contributed by atoms with Crippen molar-refractivity contribution in [3.05, 3.63) is 77.7 Å². The van der Waals surface area contributed by atoms with E-state index < -0.39 is 0 Å². The van der Waals surface area contributed by atoms with Crippen LogP contribution in [0, 0.1) is 12.7 Å². The Bertz CT molecular complexity index is 1440. The third kappa shape index (κ3) is 3.03. The molecule has 0 radical (unpaired) electrons. The minimum absolute atomic E-state index is 0.195. The quantitative estimate of drug-likeness (QED) is 0.293. The standard InChI is InChI=1S/C28H24FNO/c1-17-13-23-20-9-5-6-10-26(20)31-28(23)24(14-17)27-21-12-11-19(29)15-22(21)25(16-30-27)18-7-3-2-4-8-18/h5-6,9-16,18H,2-4,7-8H2,1H3. The Morgan fingerprint density at radius 3 is 2.58 bits per heavy atom. The van der Waals surface area contributed by atoms with Crippen LogP contribution < -0.4 is 0 Å². The van der Waals surface area contributed by atoms with E-state index in [-0.39, 0.29) is 5.82 Å². The van der Waals surface area contributed by atoms with Gasteiger partial charge in [-0.25, -0.2) is 4.39 Å². The van der Waals surface area contributed by atoms with Gasteiger partial charge in [0.25, 0.3) is 0 Å². The zero-order chi connectivity index (χ0) is 20.9. The molecule has 2 aromatic heterocycles. The summed E-state index contributed by atoms with van der Waals surface area (Å²) in [6.07, 6.45) is 8.07. The largest absolute Gasteiger partial charge is 0.455 e. The topological polar surface area (TPSA) is 26.0 Å². The molecule has 2 heterocycles. The van der Waals surface area contributed by atoms with Crippen LogP contribution in [0.25, 0.3) is 44.0 Å². The molecule has 0 saturated heterocycles. The number of aromatic nitrogens is 1. The number of pyridine rings is 1. The van der Waals surface area contributed by atoms with Crippen molar-refractivity contribution >= 4 is 32.7 Å². The van der Waals surface area contributed by atoms with Gasteiger partial charge in [-0.05, 0) is 78.6 Å². The Morgan fingerprint density at radius 1 is 0.871 bits per heavy atom. The molecule has 5 aromatic rings. The van der Waals surface area contributed by atoms with Crippen LogP contribution in [0.2, 0.25) is 0 Å². The van der Waals surface area contributed by atoms with Crippen molar-refractivity contribution in [2.75, 3.05) is 0 Å². The summed E-state index contributed by atoms with van der Waals surface area (Å²) >= 11 is 0. The third-order valence-corrected chi connectivity index (χ3v) is 6.80. The van der Waals surface area contributed by atoms with Gasteiger partial charge >= 0.3 is 0 Å². The van der Waals surface area contributed by atoms with E-state index in [9.17, 15) is 4.39 Å². The number of hydrogen-bond acceptors (Lipinski definition) is 2. The first-order valence-electron chi connectivity index (χ1n) is 11.2. The predicted molar refractivity (Wildman–Crippen MR) is 125 cm³/mol. The molecule has 6 rings (SSSR count). The smallest absolute Gasteiger partial charge is 0.144 e.